The zero-order valence-corrected chi connectivity index (χ0v) is 9.58. The third-order valence-electron chi connectivity index (χ3n) is 1.83. The summed E-state index contributed by atoms with van der Waals surface area (Å²) in [5.74, 6) is 0.777. The molecule has 0 radical (unpaired) electrons. The minimum atomic E-state index is 0.631. The molecule has 74 valence electrons. The van der Waals surface area contributed by atoms with E-state index in [0.29, 0.717) is 11.6 Å². The van der Waals surface area contributed by atoms with Gasteiger partial charge in [0.25, 0.3) is 0 Å². The van der Waals surface area contributed by atoms with Gasteiger partial charge in [0.15, 0.2) is 0 Å². The van der Waals surface area contributed by atoms with Crippen molar-refractivity contribution in [1.29, 1.82) is 0 Å². The molecule has 1 aromatic carbocycles. The van der Waals surface area contributed by atoms with Gasteiger partial charge in [0.05, 0.1) is 16.3 Å². The second-order valence-electron chi connectivity index (χ2n) is 2.92. The molecule has 2 nitrogen and oxygen atoms in total. The zero-order chi connectivity index (χ0) is 10.1. The van der Waals surface area contributed by atoms with Crippen LogP contribution >= 0.6 is 22.9 Å². The molecule has 1 aromatic heterocycles. The molecule has 2 rings (SSSR count). The molecule has 0 amide bonds. The van der Waals surface area contributed by atoms with E-state index in [0.717, 1.165) is 21.0 Å². The summed E-state index contributed by atoms with van der Waals surface area (Å²) >= 11 is 7.60. The normalized spacial score (nSPS) is 10.8. The lowest BCUT2D eigenvalue weighted by Gasteiger charge is -2.03. The maximum absolute atomic E-state index is 5.97. The fourth-order valence-corrected chi connectivity index (χ4v) is 2.50. The highest BCUT2D eigenvalue weighted by Crippen LogP contribution is 2.32. The number of aromatic nitrogens is 1. The van der Waals surface area contributed by atoms with Crippen molar-refractivity contribution in [2.75, 3.05) is 6.61 Å². The third kappa shape index (κ3) is 1.70. The van der Waals surface area contributed by atoms with Crippen molar-refractivity contribution in [2.24, 2.45) is 0 Å². The van der Waals surface area contributed by atoms with Gasteiger partial charge in [0.1, 0.15) is 11.3 Å². The van der Waals surface area contributed by atoms with E-state index in [1.807, 2.05) is 26.0 Å². The van der Waals surface area contributed by atoms with Crippen LogP contribution < -0.4 is 4.74 Å². The van der Waals surface area contributed by atoms with Crippen LogP contribution in [0, 0.1) is 6.92 Å². The van der Waals surface area contributed by atoms with Gasteiger partial charge < -0.3 is 4.74 Å². The minimum absolute atomic E-state index is 0.631. The summed E-state index contributed by atoms with van der Waals surface area (Å²) in [6.45, 7) is 4.56. The van der Waals surface area contributed by atoms with Gasteiger partial charge in [0, 0.05) is 11.1 Å². The van der Waals surface area contributed by atoms with Gasteiger partial charge in [-0.3, -0.25) is 0 Å². The molecule has 0 N–H and O–H groups in total. The van der Waals surface area contributed by atoms with Crippen LogP contribution in [-0.4, -0.2) is 11.6 Å². The van der Waals surface area contributed by atoms with Crippen LogP contribution in [0.2, 0.25) is 5.02 Å². The average molecular weight is 228 g/mol. The SMILES string of the molecule is CCOc1cc(Cl)cc2sc(C)nc12. The highest BCUT2D eigenvalue weighted by Gasteiger charge is 2.08. The zero-order valence-electron chi connectivity index (χ0n) is 8.00. The second kappa shape index (κ2) is 3.75. The van der Waals surface area contributed by atoms with Crippen molar-refractivity contribution < 1.29 is 4.74 Å². The fourth-order valence-electron chi connectivity index (χ4n) is 1.34. The first-order valence-corrected chi connectivity index (χ1v) is 5.59. The number of halogens is 1. The Kier molecular flexibility index (Phi) is 2.61. The number of ether oxygens (including phenoxy) is 1. The highest BCUT2D eigenvalue weighted by molar-refractivity contribution is 7.18. The van der Waals surface area contributed by atoms with Crippen LogP contribution in [0.5, 0.6) is 5.75 Å². The number of fused-ring (bicyclic) bond motifs is 1. The van der Waals surface area contributed by atoms with Crippen LogP contribution in [0.1, 0.15) is 11.9 Å². The first-order valence-electron chi connectivity index (χ1n) is 4.40. The van der Waals surface area contributed by atoms with E-state index < -0.39 is 0 Å². The molecule has 14 heavy (non-hydrogen) atoms. The molecule has 1 heterocycles. The molecule has 4 heteroatoms. The number of thiazole rings is 1. The third-order valence-corrected chi connectivity index (χ3v) is 2.97. The number of benzene rings is 1. The number of hydrogen-bond acceptors (Lipinski definition) is 3. The van der Waals surface area contributed by atoms with Crippen molar-refractivity contribution in [2.45, 2.75) is 13.8 Å². The van der Waals surface area contributed by atoms with E-state index in [9.17, 15) is 0 Å². The average Bonchev–Trinajstić information content (AvgIpc) is 2.45. The molecular formula is C10H10ClNOS. The molecule has 2 aromatic rings. The molecule has 0 aliphatic heterocycles. The maximum atomic E-state index is 5.97. The molecule has 0 spiro atoms. The summed E-state index contributed by atoms with van der Waals surface area (Å²) in [7, 11) is 0. The second-order valence-corrected chi connectivity index (χ2v) is 4.59. The molecule has 0 bridgehead atoms. The van der Waals surface area contributed by atoms with Crippen molar-refractivity contribution in [3.8, 4) is 5.75 Å². The minimum Gasteiger partial charge on any atom is -0.492 e. The topological polar surface area (TPSA) is 22.1 Å². The Hall–Kier alpha value is -0.800. The predicted molar refractivity (Wildman–Crippen MR) is 60.5 cm³/mol. The van der Waals surface area contributed by atoms with Gasteiger partial charge in [-0.1, -0.05) is 11.6 Å². The van der Waals surface area contributed by atoms with Crippen LogP contribution in [-0.2, 0) is 0 Å². The summed E-state index contributed by atoms with van der Waals surface area (Å²) < 4.78 is 6.55. The Labute approximate surface area is 91.5 Å². The fraction of sp³-hybridized carbons (Fsp3) is 0.300. The molecule has 0 saturated carbocycles. The van der Waals surface area contributed by atoms with E-state index in [1.54, 1.807) is 11.3 Å². The lowest BCUT2D eigenvalue weighted by molar-refractivity contribution is 0.344. The van der Waals surface area contributed by atoms with Crippen LogP contribution in [0.15, 0.2) is 12.1 Å². The monoisotopic (exact) mass is 227 g/mol. The summed E-state index contributed by atoms with van der Waals surface area (Å²) in [6.07, 6.45) is 0. The summed E-state index contributed by atoms with van der Waals surface area (Å²) in [4.78, 5) is 4.41. The molecule has 0 aliphatic rings. The van der Waals surface area contributed by atoms with E-state index in [1.165, 1.54) is 0 Å². The van der Waals surface area contributed by atoms with Crippen LogP contribution in [0.25, 0.3) is 10.2 Å². The first kappa shape index (κ1) is 9.74. The Bertz CT molecular complexity index is 466. The number of hydrogen-bond donors (Lipinski definition) is 0. The lowest BCUT2D eigenvalue weighted by atomic mass is 10.3. The molecule has 0 unspecified atom stereocenters. The molecular weight excluding hydrogens is 218 g/mol. The van der Waals surface area contributed by atoms with Gasteiger partial charge in [-0.2, -0.15) is 0 Å². The largest absolute Gasteiger partial charge is 0.492 e. The van der Waals surface area contributed by atoms with Gasteiger partial charge in [-0.25, -0.2) is 4.98 Å². The van der Waals surface area contributed by atoms with Gasteiger partial charge in [0.2, 0.25) is 0 Å². The number of nitrogens with zero attached hydrogens (tertiary/aromatic N) is 1. The highest BCUT2D eigenvalue weighted by atomic mass is 35.5. The smallest absolute Gasteiger partial charge is 0.147 e. The first-order chi connectivity index (χ1) is 6.70. The molecule has 0 atom stereocenters. The molecule has 0 fully saturated rings. The van der Waals surface area contributed by atoms with Crippen LogP contribution in [0.4, 0.5) is 0 Å². The maximum Gasteiger partial charge on any atom is 0.147 e. The Morgan fingerprint density at radius 1 is 1.50 bits per heavy atom. The lowest BCUT2D eigenvalue weighted by Crippen LogP contribution is -1.92. The summed E-state index contributed by atoms with van der Waals surface area (Å²) in [6, 6.07) is 3.73. The standard InChI is InChI=1S/C10H10ClNOS/c1-3-13-8-4-7(11)5-9-10(8)12-6(2)14-9/h4-5H,3H2,1-2H3. The van der Waals surface area contributed by atoms with E-state index in [2.05, 4.69) is 4.98 Å². The Morgan fingerprint density at radius 2 is 2.29 bits per heavy atom. The number of rotatable bonds is 2. The van der Waals surface area contributed by atoms with Gasteiger partial charge in [-0.15, -0.1) is 11.3 Å². The predicted octanol–water partition coefficient (Wildman–Crippen LogP) is 3.66. The van der Waals surface area contributed by atoms with Crippen molar-refractivity contribution in [3.05, 3.63) is 22.2 Å². The Balaban J connectivity index is 2.66. The van der Waals surface area contributed by atoms with E-state index in [-0.39, 0.29) is 0 Å². The van der Waals surface area contributed by atoms with E-state index >= 15 is 0 Å². The summed E-state index contributed by atoms with van der Waals surface area (Å²) in [5.41, 5.74) is 0.916. The summed E-state index contributed by atoms with van der Waals surface area (Å²) in [5, 5.41) is 1.73. The van der Waals surface area contributed by atoms with Gasteiger partial charge >= 0.3 is 0 Å². The quantitative estimate of drug-likeness (QED) is 0.781. The van der Waals surface area contributed by atoms with Crippen molar-refractivity contribution >= 4 is 33.2 Å². The molecule has 0 saturated heterocycles. The van der Waals surface area contributed by atoms with Crippen molar-refractivity contribution in [3.63, 3.8) is 0 Å². The van der Waals surface area contributed by atoms with Gasteiger partial charge in [-0.05, 0) is 19.9 Å². The Morgan fingerprint density at radius 3 is 3.00 bits per heavy atom. The van der Waals surface area contributed by atoms with Crippen LogP contribution in [0.3, 0.4) is 0 Å². The molecule has 0 aliphatic carbocycles. The van der Waals surface area contributed by atoms with E-state index in [4.69, 9.17) is 16.3 Å². The number of aryl methyl sites for hydroxylation is 1. The van der Waals surface area contributed by atoms with Crippen molar-refractivity contribution in [1.82, 2.24) is 4.98 Å².